The number of amides is 2. The van der Waals surface area contributed by atoms with Crippen molar-refractivity contribution in [1.82, 2.24) is 10.2 Å². The van der Waals surface area contributed by atoms with Gasteiger partial charge in [-0.05, 0) is 49.6 Å². The third-order valence-corrected chi connectivity index (χ3v) is 5.36. The molecule has 32 heavy (non-hydrogen) atoms. The molecule has 0 atom stereocenters. The van der Waals surface area contributed by atoms with Gasteiger partial charge in [0.25, 0.3) is 5.91 Å². The fraction of sp³-hybridized carbons (Fsp3) is 0.440. The Labute approximate surface area is 190 Å². The highest BCUT2D eigenvalue weighted by Gasteiger charge is 2.12. The molecule has 0 unspecified atom stereocenters. The summed E-state index contributed by atoms with van der Waals surface area (Å²) >= 11 is 0. The van der Waals surface area contributed by atoms with Crippen LogP contribution in [0.5, 0.6) is 5.75 Å². The Bertz CT molecular complexity index is 864. The van der Waals surface area contributed by atoms with Crippen molar-refractivity contribution in [3.8, 4) is 5.75 Å². The molecular formula is C25H33N3O4. The zero-order chi connectivity index (χ0) is 22.6. The molecule has 2 aromatic carbocycles. The Balaban J connectivity index is 1.34. The first-order valence-corrected chi connectivity index (χ1v) is 11.3. The molecule has 1 fully saturated rings. The van der Waals surface area contributed by atoms with Gasteiger partial charge in [-0.15, -0.1) is 0 Å². The zero-order valence-corrected chi connectivity index (χ0v) is 18.8. The topological polar surface area (TPSA) is 79.9 Å². The molecule has 2 aromatic rings. The maximum atomic E-state index is 12.4. The van der Waals surface area contributed by atoms with Crippen LogP contribution < -0.4 is 15.4 Å². The van der Waals surface area contributed by atoms with E-state index in [2.05, 4.69) is 27.7 Å². The van der Waals surface area contributed by atoms with E-state index in [4.69, 9.17) is 9.47 Å². The summed E-state index contributed by atoms with van der Waals surface area (Å²) < 4.78 is 10.9. The molecule has 7 nitrogen and oxygen atoms in total. The van der Waals surface area contributed by atoms with E-state index in [-0.39, 0.29) is 11.8 Å². The normalized spacial score (nSPS) is 14.0. The number of para-hydroxylation sites is 1. The number of nitrogens with zero attached hydrogens (tertiary/aromatic N) is 1. The molecule has 0 radical (unpaired) electrons. The first-order valence-electron chi connectivity index (χ1n) is 11.3. The molecule has 2 N–H and O–H groups in total. The Kier molecular flexibility index (Phi) is 9.53. The average molecular weight is 440 g/mol. The molecule has 1 heterocycles. The van der Waals surface area contributed by atoms with Crippen molar-refractivity contribution in [2.45, 2.75) is 26.2 Å². The van der Waals surface area contributed by atoms with Gasteiger partial charge in [0.1, 0.15) is 5.75 Å². The van der Waals surface area contributed by atoms with E-state index >= 15 is 0 Å². The van der Waals surface area contributed by atoms with Crippen molar-refractivity contribution in [3.05, 3.63) is 59.7 Å². The van der Waals surface area contributed by atoms with Gasteiger partial charge in [-0.3, -0.25) is 14.5 Å². The number of ether oxygens (including phenoxy) is 2. The van der Waals surface area contributed by atoms with E-state index in [1.165, 1.54) is 5.56 Å². The molecule has 0 aliphatic carbocycles. The Hall–Kier alpha value is -2.90. The molecule has 1 aliphatic rings. The van der Waals surface area contributed by atoms with Crippen LogP contribution in [-0.4, -0.2) is 62.7 Å². The number of benzene rings is 2. The highest BCUT2D eigenvalue weighted by atomic mass is 16.5. The van der Waals surface area contributed by atoms with Gasteiger partial charge in [0, 0.05) is 38.3 Å². The molecule has 0 aromatic heterocycles. The molecule has 0 spiro atoms. The third kappa shape index (κ3) is 7.66. The molecule has 0 bridgehead atoms. The van der Waals surface area contributed by atoms with Gasteiger partial charge in [-0.2, -0.15) is 0 Å². The minimum Gasteiger partial charge on any atom is -0.493 e. The predicted octanol–water partition coefficient (Wildman–Crippen LogP) is 3.11. The smallest absolute Gasteiger partial charge is 0.255 e. The summed E-state index contributed by atoms with van der Waals surface area (Å²) in [6.45, 7) is 7.44. The summed E-state index contributed by atoms with van der Waals surface area (Å²) in [6.07, 6.45) is 1.89. The lowest BCUT2D eigenvalue weighted by Crippen LogP contribution is -2.37. The van der Waals surface area contributed by atoms with Gasteiger partial charge in [-0.1, -0.05) is 24.3 Å². The zero-order valence-electron chi connectivity index (χ0n) is 18.8. The van der Waals surface area contributed by atoms with E-state index in [0.29, 0.717) is 37.3 Å². The number of hydrogen-bond donors (Lipinski definition) is 2. The summed E-state index contributed by atoms with van der Waals surface area (Å²) in [6, 6.07) is 15.2. The van der Waals surface area contributed by atoms with E-state index in [9.17, 15) is 9.59 Å². The monoisotopic (exact) mass is 439 g/mol. The van der Waals surface area contributed by atoms with Gasteiger partial charge in [0.15, 0.2) is 0 Å². The van der Waals surface area contributed by atoms with Crippen molar-refractivity contribution in [3.63, 3.8) is 0 Å². The van der Waals surface area contributed by atoms with Crippen LogP contribution in [0, 0.1) is 0 Å². The molecule has 1 saturated heterocycles. The minimum absolute atomic E-state index is 0.0602. The van der Waals surface area contributed by atoms with E-state index in [1.807, 2.05) is 25.1 Å². The van der Waals surface area contributed by atoms with Crippen molar-refractivity contribution in [2.24, 2.45) is 0 Å². The fourth-order valence-electron chi connectivity index (χ4n) is 3.57. The van der Waals surface area contributed by atoms with Crippen molar-refractivity contribution in [1.29, 1.82) is 0 Å². The first-order chi connectivity index (χ1) is 15.7. The van der Waals surface area contributed by atoms with E-state index < -0.39 is 0 Å². The predicted molar refractivity (Wildman–Crippen MR) is 125 cm³/mol. The van der Waals surface area contributed by atoms with Gasteiger partial charge < -0.3 is 20.1 Å². The molecular weight excluding hydrogens is 406 g/mol. The molecule has 7 heteroatoms. The second kappa shape index (κ2) is 12.8. The lowest BCUT2D eigenvalue weighted by molar-refractivity contribution is -0.116. The number of carbonyl (C=O) groups is 2. The number of nitrogens with one attached hydrogen (secondary N) is 2. The van der Waals surface area contributed by atoms with Crippen molar-refractivity contribution < 1.29 is 19.1 Å². The first kappa shape index (κ1) is 23.8. The third-order valence-electron chi connectivity index (χ3n) is 5.36. The second-order valence-corrected chi connectivity index (χ2v) is 7.74. The highest BCUT2D eigenvalue weighted by Crippen LogP contribution is 2.17. The summed E-state index contributed by atoms with van der Waals surface area (Å²) in [7, 11) is 0. The van der Waals surface area contributed by atoms with Crippen molar-refractivity contribution >= 4 is 17.5 Å². The van der Waals surface area contributed by atoms with Crippen LogP contribution in [0.2, 0.25) is 0 Å². The van der Waals surface area contributed by atoms with Crippen LogP contribution >= 0.6 is 0 Å². The van der Waals surface area contributed by atoms with Crippen LogP contribution in [0.25, 0.3) is 0 Å². The summed E-state index contributed by atoms with van der Waals surface area (Å²) in [5.41, 5.74) is 2.55. The van der Waals surface area contributed by atoms with Crippen LogP contribution in [0.4, 0.5) is 5.69 Å². The lowest BCUT2D eigenvalue weighted by Gasteiger charge is -2.26. The van der Waals surface area contributed by atoms with E-state index in [0.717, 1.165) is 45.0 Å². The van der Waals surface area contributed by atoms with Crippen molar-refractivity contribution in [2.75, 3.05) is 51.3 Å². The summed E-state index contributed by atoms with van der Waals surface area (Å²) in [4.78, 5) is 27.0. The Morgan fingerprint density at radius 1 is 1.06 bits per heavy atom. The number of hydrogen-bond acceptors (Lipinski definition) is 5. The minimum atomic E-state index is -0.192. The number of morpholine rings is 1. The second-order valence-electron chi connectivity index (χ2n) is 7.74. The van der Waals surface area contributed by atoms with Crippen LogP contribution in [0.15, 0.2) is 48.5 Å². The highest BCUT2D eigenvalue weighted by molar-refractivity contribution is 5.97. The SMILES string of the molecule is CCOc1ccccc1C(=O)NCCCC(=O)Nc1ccc(CCN2CCOCC2)cc1. The van der Waals surface area contributed by atoms with Gasteiger partial charge in [-0.25, -0.2) is 0 Å². The lowest BCUT2D eigenvalue weighted by atomic mass is 10.1. The van der Waals surface area contributed by atoms with Crippen LogP contribution in [0.1, 0.15) is 35.7 Å². The molecule has 172 valence electrons. The Morgan fingerprint density at radius 3 is 2.56 bits per heavy atom. The quantitative estimate of drug-likeness (QED) is 0.526. The molecule has 1 aliphatic heterocycles. The largest absolute Gasteiger partial charge is 0.493 e. The Morgan fingerprint density at radius 2 is 1.81 bits per heavy atom. The molecule has 2 amide bonds. The van der Waals surface area contributed by atoms with Gasteiger partial charge >= 0.3 is 0 Å². The van der Waals surface area contributed by atoms with E-state index in [1.54, 1.807) is 18.2 Å². The maximum Gasteiger partial charge on any atom is 0.255 e. The maximum absolute atomic E-state index is 12.4. The van der Waals surface area contributed by atoms with Gasteiger partial charge in [0.05, 0.1) is 25.4 Å². The van der Waals surface area contributed by atoms with Crippen LogP contribution in [-0.2, 0) is 16.0 Å². The van der Waals surface area contributed by atoms with Gasteiger partial charge in [0.2, 0.25) is 5.91 Å². The number of anilines is 1. The van der Waals surface area contributed by atoms with Crippen LogP contribution in [0.3, 0.4) is 0 Å². The summed E-state index contributed by atoms with van der Waals surface area (Å²) in [5, 5.41) is 5.78. The fourth-order valence-corrected chi connectivity index (χ4v) is 3.57. The summed E-state index contributed by atoms with van der Waals surface area (Å²) in [5.74, 6) is 0.316. The molecule has 0 saturated carbocycles. The molecule has 3 rings (SSSR count). The average Bonchev–Trinajstić information content (AvgIpc) is 2.82. The standard InChI is InChI=1S/C25H33N3O4/c1-2-32-23-7-4-3-6-22(23)25(30)26-14-5-8-24(29)27-21-11-9-20(10-12-21)13-15-28-16-18-31-19-17-28/h3-4,6-7,9-12H,2,5,8,13-19H2,1H3,(H,26,30)(H,27,29). The number of carbonyl (C=O) groups excluding carboxylic acids is 2. The number of rotatable bonds is 11.